The standard InChI is InChI=1S/C25H36N2O2/c1-4-27-15-16(14-26-27)11-17-12-22-20-6-5-18-13-19(28)7-9-24(18,2)21(20)8-10-25(22,3)23(17)29/h11,14-15,18-22,28H,4-10,12-13H2,1-3H3/b17-11+/t18-,19-,20-,21+,22+,24-,25-/m0/s1. The number of aliphatic hydroxyl groups excluding tert-OH is 1. The van der Waals surface area contributed by atoms with Gasteiger partial charge in [0.05, 0.1) is 12.3 Å². The van der Waals surface area contributed by atoms with Crippen molar-refractivity contribution in [2.45, 2.75) is 84.8 Å². The number of ketones is 1. The summed E-state index contributed by atoms with van der Waals surface area (Å²) in [6.45, 7) is 7.71. The molecule has 7 atom stereocenters. The Hall–Kier alpha value is -1.42. The van der Waals surface area contributed by atoms with Gasteiger partial charge in [0.2, 0.25) is 0 Å². The summed E-state index contributed by atoms with van der Waals surface area (Å²) in [4.78, 5) is 13.5. The van der Waals surface area contributed by atoms with Crippen LogP contribution in [0.3, 0.4) is 0 Å². The lowest BCUT2D eigenvalue weighted by Crippen LogP contribution is -2.54. The zero-order chi connectivity index (χ0) is 20.4. The van der Waals surface area contributed by atoms with Crippen LogP contribution >= 0.6 is 0 Å². The number of aliphatic hydroxyl groups is 1. The first kappa shape index (κ1) is 19.5. The first-order valence-corrected chi connectivity index (χ1v) is 11.8. The number of Topliss-reactive ketones (excluding diaryl/α,β-unsaturated/α-hetero) is 1. The summed E-state index contributed by atoms with van der Waals surface area (Å²) >= 11 is 0. The Morgan fingerprint density at radius 3 is 2.79 bits per heavy atom. The van der Waals surface area contributed by atoms with Crippen LogP contribution < -0.4 is 0 Å². The molecule has 5 rings (SSSR count). The van der Waals surface area contributed by atoms with Crippen molar-refractivity contribution in [3.63, 3.8) is 0 Å². The second kappa shape index (κ2) is 6.80. The Kier molecular flexibility index (Phi) is 4.58. The molecule has 4 heteroatoms. The van der Waals surface area contributed by atoms with Gasteiger partial charge >= 0.3 is 0 Å². The lowest BCUT2D eigenvalue weighted by atomic mass is 9.45. The highest BCUT2D eigenvalue weighted by Gasteiger charge is 2.61. The van der Waals surface area contributed by atoms with Crippen molar-refractivity contribution < 1.29 is 9.90 Å². The minimum absolute atomic E-state index is 0.0925. The molecule has 0 saturated heterocycles. The topological polar surface area (TPSA) is 55.1 Å². The fourth-order valence-electron chi connectivity index (χ4n) is 7.86. The summed E-state index contributed by atoms with van der Waals surface area (Å²) in [6, 6.07) is 0. The van der Waals surface area contributed by atoms with Crippen LogP contribution in [0.2, 0.25) is 0 Å². The van der Waals surface area contributed by atoms with E-state index < -0.39 is 0 Å². The number of hydrogen-bond acceptors (Lipinski definition) is 3. The molecule has 1 heterocycles. The molecule has 0 aliphatic heterocycles. The normalized spacial score (nSPS) is 45.7. The smallest absolute Gasteiger partial charge is 0.165 e. The van der Waals surface area contributed by atoms with Gasteiger partial charge in [-0.25, -0.2) is 0 Å². The fraction of sp³-hybridized carbons (Fsp3) is 0.760. The maximum absolute atomic E-state index is 13.5. The molecule has 29 heavy (non-hydrogen) atoms. The van der Waals surface area contributed by atoms with E-state index in [-0.39, 0.29) is 11.5 Å². The molecule has 0 unspecified atom stereocenters. The largest absolute Gasteiger partial charge is 0.393 e. The molecule has 0 aromatic carbocycles. The summed E-state index contributed by atoms with van der Waals surface area (Å²) < 4.78 is 1.93. The van der Waals surface area contributed by atoms with Crippen molar-refractivity contribution in [3.05, 3.63) is 23.5 Å². The van der Waals surface area contributed by atoms with E-state index in [9.17, 15) is 9.90 Å². The Balaban J connectivity index is 1.43. The lowest BCUT2D eigenvalue weighted by molar-refractivity contribution is -0.141. The van der Waals surface area contributed by atoms with Crippen molar-refractivity contribution in [1.82, 2.24) is 9.78 Å². The van der Waals surface area contributed by atoms with E-state index in [2.05, 4.69) is 31.9 Å². The van der Waals surface area contributed by atoms with Gasteiger partial charge in [-0.05, 0) is 99.0 Å². The van der Waals surface area contributed by atoms with Crippen LogP contribution in [-0.4, -0.2) is 26.8 Å². The minimum Gasteiger partial charge on any atom is -0.393 e. The van der Waals surface area contributed by atoms with E-state index in [4.69, 9.17) is 0 Å². The molecule has 0 spiro atoms. The monoisotopic (exact) mass is 396 g/mol. The Morgan fingerprint density at radius 1 is 1.21 bits per heavy atom. The van der Waals surface area contributed by atoms with E-state index in [1.54, 1.807) is 0 Å². The summed E-state index contributed by atoms with van der Waals surface area (Å²) in [7, 11) is 0. The molecular formula is C25H36N2O2. The predicted molar refractivity (Wildman–Crippen MR) is 114 cm³/mol. The van der Waals surface area contributed by atoms with Gasteiger partial charge in [-0.1, -0.05) is 13.8 Å². The molecule has 4 saturated carbocycles. The molecule has 4 aliphatic carbocycles. The van der Waals surface area contributed by atoms with Crippen molar-refractivity contribution in [1.29, 1.82) is 0 Å². The van der Waals surface area contributed by atoms with Crippen LogP contribution in [0.25, 0.3) is 6.08 Å². The summed E-state index contributed by atoms with van der Waals surface area (Å²) in [5.74, 6) is 2.95. The second-order valence-corrected chi connectivity index (χ2v) is 10.9. The van der Waals surface area contributed by atoms with Crippen molar-refractivity contribution in [3.8, 4) is 0 Å². The molecule has 1 aromatic rings. The molecule has 1 N–H and O–H groups in total. The van der Waals surface area contributed by atoms with E-state index in [1.165, 1.54) is 19.3 Å². The van der Waals surface area contributed by atoms with Crippen LogP contribution in [0.15, 0.2) is 18.0 Å². The average Bonchev–Trinajstić information content (AvgIpc) is 3.26. The maximum atomic E-state index is 13.5. The first-order valence-electron chi connectivity index (χ1n) is 11.8. The molecular weight excluding hydrogens is 360 g/mol. The van der Waals surface area contributed by atoms with Crippen molar-refractivity contribution >= 4 is 11.9 Å². The highest BCUT2D eigenvalue weighted by molar-refractivity contribution is 6.05. The lowest BCUT2D eigenvalue weighted by Gasteiger charge is -2.59. The van der Waals surface area contributed by atoms with Crippen molar-refractivity contribution in [2.24, 2.45) is 34.5 Å². The van der Waals surface area contributed by atoms with Crippen LogP contribution in [0.5, 0.6) is 0 Å². The van der Waals surface area contributed by atoms with E-state index in [0.717, 1.165) is 55.7 Å². The van der Waals surface area contributed by atoms with Crippen LogP contribution in [0.4, 0.5) is 0 Å². The predicted octanol–water partition coefficient (Wildman–Crippen LogP) is 4.87. The molecule has 158 valence electrons. The zero-order valence-electron chi connectivity index (χ0n) is 18.2. The van der Waals surface area contributed by atoms with Crippen molar-refractivity contribution in [2.75, 3.05) is 0 Å². The van der Waals surface area contributed by atoms with Gasteiger partial charge in [-0.3, -0.25) is 9.48 Å². The van der Waals surface area contributed by atoms with E-state index in [1.807, 2.05) is 17.1 Å². The molecule has 0 bridgehead atoms. The number of hydrogen-bond donors (Lipinski definition) is 1. The average molecular weight is 397 g/mol. The number of carbonyl (C=O) groups is 1. The van der Waals surface area contributed by atoms with Gasteiger partial charge in [0.15, 0.2) is 5.78 Å². The Labute approximate surface area is 174 Å². The second-order valence-electron chi connectivity index (χ2n) is 10.9. The van der Waals surface area contributed by atoms with E-state index in [0.29, 0.717) is 29.0 Å². The Morgan fingerprint density at radius 2 is 2.03 bits per heavy atom. The summed E-state index contributed by atoms with van der Waals surface area (Å²) in [5.41, 5.74) is 2.28. The number of fused-ring (bicyclic) bond motifs is 5. The SMILES string of the molecule is CCn1cc(/C=C2\C[C@@H]3[C@H]4CC[C@H]5C[C@@H](O)CC[C@]5(C)[C@@H]4CC[C@]3(C)C2=O)cn1. The number of carbonyl (C=O) groups excluding carboxylic acids is 1. The van der Waals surface area contributed by atoms with Crippen LogP contribution in [0.1, 0.15) is 77.7 Å². The van der Waals surface area contributed by atoms with Gasteiger partial charge in [0.1, 0.15) is 0 Å². The zero-order valence-corrected chi connectivity index (χ0v) is 18.2. The number of aryl methyl sites for hydroxylation is 1. The quantitative estimate of drug-likeness (QED) is 0.726. The number of rotatable bonds is 2. The third-order valence-electron chi connectivity index (χ3n) is 9.60. The molecule has 0 amide bonds. The van der Waals surface area contributed by atoms with Gasteiger partial charge in [0.25, 0.3) is 0 Å². The van der Waals surface area contributed by atoms with Gasteiger partial charge < -0.3 is 5.11 Å². The van der Waals surface area contributed by atoms with Crippen LogP contribution in [-0.2, 0) is 11.3 Å². The van der Waals surface area contributed by atoms with Crippen LogP contribution in [0, 0.1) is 34.5 Å². The van der Waals surface area contributed by atoms with Gasteiger partial charge in [-0.15, -0.1) is 0 Å². The maximum Gasteiger partial charge on any atom is 0.165 e. The third kappa shape index (κ3) is 2.89. The molecule has 4 nitrogen and oxygen atoms in total. The number of nitrogens with zero attached hydrogens (tertiary/aromatic N) is 2. The fourth-order valence-corrected chi connectivity index (χ4v) is 7.86. The highest BCUT2D eigenvalue weighted by atomic mass is 16.3. The van der Waals surface area contributed by atoms with Gasteiger partial charge in [0, 0.05) is 23.7 Å². The molecule has 4 fully saturated rings. The molecule has 1 aromatic heterocycles. The minimum atomic E-state index is -0.175. The third-order valence-corrected chi connectivity index (χ3v) is 9.60. The summed E-state index contributed by atoms with van der Waals surface area (Å²) in [6.07, 6.45) is 14.7. The Bertz CT molecular complexity index is 842. The van der Waals surface area contributed by atoms with E-state index >= 15 is 0 Å². The summed E-state index contributed by atoms with van der Waals surface area (Å²) in [5, 5.41) is 14.6. The number of allylic oxidation sites excluding steroid dienone is 1. The highest BCUT2D eigenvalue weighted by Crippen LogP contribution is 2.66. The number of aromatic nitrogens is 2. The first-order chi connectivity index (χ1) is 13.8. The van der Waals surface area contributed by atoms with Gasteiger partial charge in [-0.2, -0.15) is 5.10 Å². The molecule has 4 aliphatic rings. The molecule has 0 radical (unpaired) electrons.